The SMILES string of the molecule is NC(Cc1ccccc1)C(O)c1c(F)cccc1F. The second kappa shape index (κ2) is 5.91. The number of aliphatic hydroxyl groups is 1. The van der Waals surface area contributed by atoms with Crippen molar-refractivity contribution in [2.75, 3.05) is 0 Å². The minimum atomic E-state index is -1.37. The van der Waals surface area contributed by atoms with E-state index in [1.165, 1.54) is 6.07 Å². The lowest BCUT2D eigenvalue weighted by molar-refractivity contribution is 0.137. The first-order valence-corrected chi connectivity index (χ1v) is 6.01. The highest BCUT2D eigenvalue weighted by Crippen LogP contribution is 2.24. The Morgan fingerprint density at radius 2 is 1.53 bits per heavy atom. The summed E-state index contributed by atoms with van der Waals surface area (Å²) in [5, 5.41) is 10.0. The van der Waals surface area contributed by atoms with Crippen molar-refractivity contribution in [1.29, 1.82) is 0 Å². The summed E-state index contributed by atoms with van der Waals surface area (Å²) in [6.07, 6.45) is -1.03. The van der Waals surface area contributed by atoms with Gasteiger partial charge in [0, 0.05) is 6.04 Å². The molecule has 0 bridgehead atoms. The number of nitrogens with two attached hydrogens (primary N) is 1. The van der Waals surface area contributed by atoms with Crippen LogP contribution in [0.4, 0.5) is 8.78 Å². The summed E-state index contributed by atoms with van der Waals surface area (Å²) in [7, 11) is 0. The lowest BCUT2D eigenvalue weighted by atomic mass is 9.96. The van der Waals surface area contributed by atoms with Crippen LogP contribution in [0.5, 0.6) is 0 Å². The summed E-state index contributed by atoms with van der Waals surface area (Å²) in [4.78, 5) is 0. The molecule has 0 aromatic heterocycles. The normalized spacial score (nSPS) is 14.1. The van der Waals surface area contributed by atoms with E-state index in [1.807, 2.05) is 30.3 Å². The third-order valence-electron chi connectivity index (χ3n) is 3.02. The van der Waals surface area contributed by atoms with Crippen LogP contribution in [0.3, 0.4) is 0 Å². The van der Waals surface area contributed by atoms with Crippen molar-refractivity contribution in [3.63, 3.8) is 0 Å². The maximum absolute atomic E-state index is 13.5. The third-order valence-corrected chi connectivity index (χ3v) is 3.02. The molecule has 0 amide bonds. The second-order valence-electron chi connectivity index (χ2n) is 4.43. The molecule has 0 fully saturated rings. The number of hydrogen-bond acceptors (Lipinski definition) is 2. The molecule has 0 aliphatic rings. The third kappa shape index (κ3) is 3.16. The molecule has 2 nitrogen and oxygen atoms in total. The minimum absolute atomic E-state index is 0.343. The van der Waals surface area contributed by atoms with Crippen LogP contribution < -0.4 is 5.73 Å². The highest BCUT2D eigenvalue weighted by Gasteiger charge is 2.23. The summed E-state index contributed by atoms with van der Waals surface area (Å²) >= 11 is 0. The molecule has 100 valence electrons. The Morgan fingerprint density at radius 3 is 2.11 bits per heavy atom. The first kappa shape index (κ1) is 13.6. The molecule has 2 aromatic rings. The van der Waals surface area contributed by atoms with E-state index < -0.39 is 23.8 Å². The number of halogens is 2. The Morgan fingerprint density at radius 1 is 0.947 bits per heavy atom. The van der Waals surface area contributed by atoms with Gasteiger partial charge in [-0.1, -0.05) is 36.4 Å². The van der Waals surface area contributed by atoms with Crippen molar-refractivity contribution in [3.8, 4) is 0 Å². The van der Waals surface area contributed by atoms with Crippen molar-refractivity contribution >= 4 is 0 Å². The molecule has 0 aliphatic heterocycles. The molecule has 19 heavy (non-hydrogen) atoms. The Hall–Kier alpha value is -1.78. The lowest BCUT2D eigenvalue weighted by Gasteiger charge is -2.20. The van der Waals surface area contributed by atoms with E-state index in [1.54, 1.807) is 0 Å². The number of hydrogen-bond donors (Lipinski definition) is 2. The maximum atomic E-state index is 13.5. The van der Waals surface area contributed by atoms with Crippen LogP contribution in [-0.4, -0.2) is 11.1 Å². The van der Waals surface area contributed by atoms with Crippen molar-refractivity contribution in [3.05, 3.63) is 71.3 Å². The molecule has 2 unspecified atom stereocenters. The monoisotopic (exact) mass is 263 g/mol. The predicted molar refractivity (Wildman–Crippen MR) is 69.4 cm³/mol. The van der Waals surface area contributed by atoms with Crippen LogP contribution in [0.1, 0.15) is 17.2 Å². The fourth-order valence-corrected chi connectivity index (χ4v) is 2.01. The molecule has 0 spiro atoms. The maximum Gasteiger partial charge on any atom is 0.132 e. The topological polar surface area (TPSA) is 46.2 Å². The zero-order valence-corrected chi connectivity index (χ0v) is 10.3. The molecule has 0 saturated carbocycles. The summed E-state index contributed by atoms with van der Waals surface area (Å²) in [5.41, 5.74) is 6.37. The van der Waals surface area contributed by atoms with E-state index in [-0.39, 0.29) is 5.56 Å². The summed E-state index contributed by atoms with van der Waals surface area (Å²) in [5.74, 6) is -1.56. The molecular weight excluding hydrogens is 248 g/mol. The van der Waals surface area contributed by atoms with Crippen molar-refractivity contribution in [2.45, 2.75) is 18.6 Å². The van der Waals surface area contributed by atoms with Gasteiger partial charge in [0.25, 0.3) is 0 Å². The summed E-state index contributed by atoms with van der Waals surface area (Å²) < 4.78 is 27.1. The molecular formula is C15H15F2NO. The van der Waals surface area contributed by atoms with Crippen molar-refractivity contribution in [1.82, 2.24) is 0 Å². The van der Waals surface area contributed by atoms with Crippen LogP contribution in [0, 0.1) is 11.6 Å². The zero-order valence-electron chi connectivity index (χ0n) is 10.3. The molecule has 3 N–H and O–H groups in total. The van der Waals surface area contributed by atoms with Crippen molar-refractivity contribution < 1.29 is 13.9 Å². The fraction of sp³-hybridized carbons (Fsp3) is 0.200. The van der Waals surface area contributed by atoms with Gasteiger partial charge in [-0.3, -0.25) is 0 Å². The quantitative estimate of drug-likeness (QED) is 0.890. The van der Waals surface area contributed by atoms with E-state index in [2.05, 4.69) is 0 Å². The Bertz CT molecular complexity index is 525. The Balaban J connectivity index is 2.17. The van der Waals surface area contributed by atoms with Gasteiger partial charge in [0.15, 0.2) is 0 Å². The van der Waals surface area contributed by atoms with Crippen LogP contribution in [0.2, 0.25) is 0 Å². The van der Waals surface area contributed by atoms with Crippen LogP contribution in [0.15, 0.2) is 48.5 Å². The van der Waals surface area contributed by atoms with Gasteiger partial charge in [0.05, 0.1) is 5.56 Å². The zero-order chi connectivity index (χ0) is 13.8. The number of rotatable bonds is 4. The number of benzene rings is 2. The lowest BCUT2D eigenvalue weighted by Crippen LogP contribution is -2.31. The van der Waals surface area contributed by atoms with E-state index in [0.717, 1.165) is 17.7 Å². The Kier molecular flexibility index (Phi) is 4.24. The predicted octanol–water partition coefficient (Wildman–Crippen LogP) is 2.57. The second-order valence-corrected chi connectivity index (χ2v) is 4.43. The van der Waals surface area contributed by atoms with E-state index in [9.17, 15) is 13.9 Å². The van der Waals surface area contributed by atoms with E-state index in [0.29, 0.717) is 6.42 Å². The average Bonchev–Trinajstić information content (AvgIpc) is 2.39. The molecule has 0 saturated heterocycles. The standard InChI is InChI=1S/C15H15F2NO/c16-11-7-4-8-12(17)14(11)15(19)13(18)9-10-5-2-1-3-6-10/h1-8,13,15,19H,9,18H2. The smallest absolute Gasteiger partial charge is 0.132 e. The van der Waals surface area contributed by atoms with Crippen LogP contribution in [-0.2, 0) is 6.42 Å². The number of aliphatic hydroxyl groups excluding tert-OH is 1. The Labute approximate surface area is 110 Å². The molecule has 2 aromatic carbocycles. The van der Waals surface area contributed by atoms with Crippen LogP contribution >= 0.6 is 0 Å². The average molecular weight is 263 g/mol. The first-order chi connectivity index (χ1) is 9.09. The molecule has 0 radical (unpaired) electrons. The summed E-state index contributed by atoms with van der Waals surface area (Å²) in [6, 6.07) is 12.0. The van der Waals surface area contributed by atoms with E-state index in [4.69, 9.17) is 5.73 Å². The van der Waals surface area contributed by atoms with Gasteiger partial charge < -0.3 is 10.8 Å². The van der Waals surface area contributed by atoms with Gasteiger partial charge in [-0.15, -0.1) is 0 Å². The molecule has 0 aliphatic carbocycles. The summed E-state index contributed by atoms with van der Waals surface area (Å²) in [6.45, 7) is 0. The first-order valence-electron chi connectivity index (χ1n) is 6.01. The van der Waals surface area contributed by atoms with Gasteiger partial charge in [0.1, 0.15) is 17.7 Å². The molecule has 4 heteroatoms. The minimum Gasteiger partial charge on any atom is -0.387 e. The van der Waals surface area contributed by atoms with Gasteiger partial charge >= 0.3 is 0 Å². The van der Waals surface area contributed by atoms with Gasteiger partial charge in [-0.05, 0) is 24.1 Å². The van der Waals surface area contributed by atoms with Gasteiger partial charge in [0.2, 0.25) is 0 Å². The van der Waals surface area contributed by atoms with E-state index >= 15 is 0 Å². The molecule has 2 rings (SSSR count). The van der Waals surface area contributed by atoms with Gasteiger partial charge in [-0.25, -0.2) is 8.78 Å². The van der Waals surface area contributed by atoms with Crippen LogP contribution in [0.25, 0.3) is 0 Å². The molecule has 0 heterocycles. The largest absolute Gasteiger partial charge is 0.387 e. The van der Waals surface area contributed by atoms with Crippen molar-refractivity contribution in [2.24, 2.45) is 5.73 Å². The highest BCUT2D eigenvalue weighted by atomic mass is 19.1. The highest BCUT2D eigenvalue weighted by molar-refractivity contribution is 5.24. The fourth-order valence-electron chi connectivity index (χ4n) is 2.01. The van der Waals surface area contributed by atoms with Gasteiger partial charge in [-0.2, -0.15) is 0 Å². The molecule has 2 atom stereocenters.